The van der Waals surface area contributed by atoms with Gasteiger partial charge in [0.05, 0.1) is 12.2 Å². The van der Waals surface area contributed by atoms with Gasteiger partial charge in [0.1, 0.15) is 0 Å². The maximum atomic E-state index is 12.5. The molecule has 0 radical (unpaired) electrons. The Morgan fingerprint density at radius 3 is 2.79 bits per heavy atom. The summed E-state index contributed by atoms with van der Waals surface area (Å²) in [4.78, 5) is 14.4. The number of benzene rings is 1. The van der Waals surface area contributed by atoms with E-state index in [1.165, 1.54) is 44.2 Å². The molecule has 4 nitrogen and oxygen atoms in total. The zero-order valence-corrected chi connectivity index (χ0v) is 16.4. The molecule has 2 aromatic rings. The summed E-state index contributed by atoms with van der Waals surface area (Å²) in [5.74, 6) is 1.01. The lowest BCUT2D eigenvalue weighted by molar-refractivity contribution is 0.0969. The Kier molecular flexibility index (Phi) is 6.05. The van der Waals surface area contributed by atoms with Crippen molar-refractivity contribution in [2.75, 3.05) is 6.54 Å². The van der Waals surface area contributed by atoms with Crippen LogP contribution in [0.3, 0.4) is 0 Å². The molecule has 1 aliphatic heterocycles. The van der Waals surface area contributed by atoms with Gasteiger partial charge in [-0.3, -0.25) is 9.89 Å². The zero-order chi connectivity index (χ0) is 19.2. The molecule has 2 aliphatic rings. The molecule has 0 atom stereocenters. The number of allylic oxidation sites excluding steroid dienone is 2. The number of carbonyl (C=O) groups is 1. The predicted octanol–water partition coefficient (Wildman–Crippen LogP) is 5.37. The largest absolute Gasteiger partial charge is 0.346 e. The Labute approximate surface area is 167 Å². The number of aromatic nitrogens is 2. The van der Waals surface area contributed by atoms with Crippen molar-refractivity contribution in [3.63, 3.8) is 0 Å². The van der Waals surface area contributed by atoms with Gasteiger partial charge in [-0.15, -0.1) is 0 Å². The Hall–Kier alpha value is -2.62. The van der Waals surface area contributed by atoms with E-state index in [0.717, 1.165) is 35.6 Å². The van der Waals surface area contributed by atoms with Crippen LogP contribution in [0.15, 0.2) is 54.9 Å². The fraction of sp³-hybridized carbons (Fsp3) is 0.417. The fourth-order valence-electron chi connectivity index (χ4n) is 4.25. The number of rotatable bonds is 7. The van der Waals surface area contributed by atoms with Crippen LogP contribution in [0, 0.1) is 5.92 Å². The van der Waals surface area contributed by atoms with Gasteiger partial charge < -0.3 is 4.90 Å². The lowest BCUT2D eigenvalue weighted by Gasteiger charge is -2.20. The van der Waals surface area contributed by atoms with E-state index in [-0.39, 0.29) is 5.78 Å². The molecule has 1 saturated carbocycles. The Morgan fingerprint density at radius 1 is 1.14 bits per heavy atom. The smallest absolute Gasteiger partial charge is 0.182 e. The van der Waals surface area contributed by atoms with Crippen molar-refractivity contribution >= 4 is 11.4 Å². The monoisotopic (exact) mass is 375 g/mol. The topological polar surface area (TPSA) is 49.0 Å². The molecule has 0 bridgehead atoms. The third-order valence-electron chi connectivity index (χ3n) is 5.88. The molecule has 1 N–H and O–H groups in total. The van der Waals surface area contributed by atoms with Crippen molar-refractivity contribution < 1.29 is 4.79 Å². The summed E-state index contributed by atoms with van der Waals surface area (Å²) in [5, 5.41) is 7.76. The highest BCUT2D eigenvalue weighted by molar-refractivity contribution is 5.97. The average molecular weight is 376 g/mol. The minimum atomic E-state index is 0.123. The number of hydrogen-bond acceptors (Lipinski definition) is 3. The molecule has 146 valence electrons. The summed E-state index contributed by atoms with van der Waals surface area (Å²) in [7, 11) is 0. The van der Waals surface area contributed by atoms with Crippen LogP contribution in [0.4, 0.5) is 0 Å². The van der Waals surface area contributed by atoms with E-state index in [0.29, 0.717) is 6.54 Å². The van der Waals surface area contributed by atoms with Crippen LogP contribution in [0.1, 0.15) is 66.7 Å². The highest BCUT2D eigenvalue weighted by Crippen LogP contribution is 2.28. The van der Waals surface area contributed by atoms with E-state index in [4.69, 9.17) is 0 Å². The second-order valence-electron chi connectivity index (χ2n) is 8.03. The quantitative estimate of drug-likeness (QED) is 0.662. The van der Waals surface area contributed by atoms with Crippen LogP contribution in [0.25, 0.3) is 5.57 Å². The fourth-order valence-corrected chi connectivity index (χ4v) is 4.25. The second kappa shape index (κ2) is 9.05. The van der Waals surface area contributed by atoms with Crippen molar-refractivity contribution in [1.29, 1.82) is 0 Å². The van der Waals surface area contributed by atoms with E-state index >= 15 is 0 Å². The summed E-state index contributed by atoms with van der Waals surface area (Å²) in [6.07, 6.45) is 16.3. The maximum Gasteiger partial charge on any atom is 0.182 e. The first kappa shape index (κ1) is 18.7. The minimum absolute atomic E-state index is 0.123. The van der Waals surface area contributed by atoms with Crippen LogP contribution in [-0.4, -0.2) is 27.4 Å². The van der Waals surface area contributed by atoms with E-state index in [2.05, 4.69) is 28.5 Å². The van der Waals surface area contributed by atoms with Gasteiger partial charge in [-0.2, -0.15) is 5.10 Å². The number of H-pyrrole nitrogens is 1. The predicted molar refractivity (Wildman–Crippen MR) is 113 cm³/mol. The van der Waals surface area contributed by atoms with Crippen molar-refractivity contribution in [3.8, 4) is 0 Å². The molecule has 0 unspecified atom stereocenters. The van der Waals surface area contributed by atoms with Crippen molar-refractivity contribution in [1.82, 2.24) is 15.1 Å². The van der Waals surface area contributed by atoms with Gasteiger partial charge in [0, 0.05) is 23.7 Å². The van der Waals surface area contributed by atoms with Crippen LogP contribution >= 0.6 is 0 Å². The van der Waals surface area contributed by atoms with E-state index in [1.54, 1.807) is 0 Å². The van der Waals surface area contributed by atoms with Gasteiger partial charge in [0.15, 0.2) is 5.78 Å². The molecule has 2 heterocycles. The second-order valence-corrected chi connectivity index (χ2v) is 8.03. The summed E-state index contributed by atoms with van der Waals surface area (Å²) in [6.45, 7) is 0.350. The van der Waals surface area contributed by atoms with E-state index < -0.39 is 0 Å². The van der Waals surface area contributed by atoms with Crippen molar-refractivity contribution in [3.05, 3.63) is 71.8 Å². The van der Waals surface area contributed by atoms with Gasteiger partial charge in [0.25, 0.3) is 0 Å². The first-order chi connectivity index (χ1) is 13.8. The van der Waals surface area contributed by atoms with Crippen LogP contribution < -0.4 is 0 Å². The number of aryl methyl sites for hydroxylation is 1. The van der Waals surface area contributed by atoms with Crippen molar-refractivity contribution in [2.45, 2.75) is 51.4 Å². The standard InChI is InChI=1S/C24H29N3O/c28-24(20-10-5-2-6-11-20)18-27-15-7-12-21(17-27)23-16-22(25-26-23)14-13-19-8-3-1-4-9-19/h2,5-7,10-11,15-17,19H,1,3-4,8-9,12-14,18H2,(H,25,26). The van der Waals surface area contributed by atoms with Crippen molar-refractivity contribution in [2.24, 2.45) is 5.92 Å². The number of hydrogen-bond donors (Lipinski definition) is 1. The third-order valence-corrected chi connectivity index (χ3v) is 5.88. The van der Waals surface area contributed by atoms with Crippen LogP contribution in [0.2, 0.25) is 0 Å². The average Bonchev–Trinajstić information content (AvgIpc) is 3.23. The van der Waals surface area contributed by atoms with Gasteiger partial charge in [-0.25, -0.2) is 0 Å². The summed E-state index contributed by atoms with van der Waals surface area (Å²) >= 11 is 0. The Balaban J connectivity index is 1.36. The summed E-state index contributed by atoms with van der Waals surface area (Å²) in [5.41, 5.74) is 4.13. The normalized spacial score (nSPS) is 17.6. The van der Waals surface area contributed by atoms with Gasteiger partial charge in [0.2, 0.25) is 0 Å². The minimum Gasteiger partial charge on any atom is -0.346 e. The number of aromatic amines is 1. The summed E-state index contributed by atoms with van der Waals surface area (Å²) in [6, 6.07) is 11.7. The van der Waals surface area contributed by atoms with E-state index in [1.807, 2.05) is 41.4 Å². The molecule has 1 fully saturated rings. The molecule has 1 aromatic carbocycles. The zero-order valence-electron chi connectivity index (χ0n) is 16.4. The lowest BCUT2D eigenvalue weighted by atomic mass is 9.86. The number of nitrogens with zero attached hydrogens (tertiary/aromatic N) is 2. The first-order valence-electron chi connectivity index (χ1n) is 10.5. The molecule has 28 heavy (non-hydrogen) atoms. The van der Waals surface area contributed by atoms with Crippen LogP contribution in [0.5, 0.6) is 0 Å². The highest BCUT2D eigenvalue weighted by Gasteiger charge is 2.16. The molecule has 0 saturated heterocycles. The number of ketones is 1. The Morgan fingerprint density at radius 2 is 1.96 bits per heavy atom. The van der Waals surface area contributed by atoms with Gasteiger partial charge in [-0.1, -0.05) is 68.5 Å². The summed E-state index contributed by atoms with van der Waals surface area (Å²) < 4.78 is 0. The molecule has 0 spiro atoms. The van der Waals surface area contributed by atoms with Gasteiger partial charge in [-0.05, 0) is 36.8 Å². The number of Topliss-reactive ketones (excluding diaryl/α,β-unsaturated/α-hetero) is 1. The first-order valence-corrected chi connectivity index (χ1v) is 10.5. The molecule has 1 aliphatic carbocycles. The van der Waals surface area contributed by atoms with Gasteiger partial charge >= 0.3 is 0 Å². The molecular formula is C24H29N3O. The SMILES string of the molecule is O=C(CN1C=CCC(c2cc(CCC3CCCCC3)[nH]n2)=C1)c1ccccc1. The molecule has 1 aromatic heterocycles. The lowest BCUT2D eigenvalue weighted by Crippen LogP contribution is -2.22. The molecule has 4 heteroatoms. The Bertz CT molecular complexity index is 844. The van der Waals surface area contributed by atoms with E-state index in [9.17, 15) is 4.79 Å². The highest BCUT2D eigenvalue weighted by atomic mass is 16.1. The third kappa shape index (κ3) is 4.80. The maximum absolute atomic E-state index is 12.5. The molecular weight excluding hydrogens is 346 g/mol. The molecule has 4 rings (SSSR count). The molecule has 0 amide bonds. The number of nitrogens with one attached hydrogen (secondary N) is 1. The number of carbonyl (C=O) groups excluding carboxylic acids is 1. The van der Waals surface area contributed by atoms with Crippen LogP contribution in [-0.2, 0) is 6.42 Å².